The topological polar surface area (TPSA) is 296 Å². The highest BCUT2D eigenvalue weighted by Crippen LogP contribution is 2.18. The van der Waals surface area contributed by atoms with E-state index in [2.05, 4.69) is 26.3 Å². The lowest BCUT2D eigenvalue weighted by Gasteiger charge is -2.29. The van der Waals surface area contributed by atoms with Crippen molar-refractivity contribution >= 4 is 41.4 Å². The molecule has 256 valence electrons. The summed E-state index contributed by atoms with van der Waals surface area (Å²) in [5.41, 5.74) is 27.3. The number of amides is 6. The first-order chi connectivity index (χ1) is 21.3. The molecule has 45 heavy (non-hydrogen) atoms. The Morgan fingerprint density at radius 1 is 0.844 bits per heavy atom. The summed E-state index contributed by atoms with van der Waals surface area (Å²) in [6, 6.07) is -4.92. The van der Waals surface area contributed by atoms with Crippen LogP contribution in [0.4, 0.5) is 0 Å². The second-order valence-corrected chi connectivity index (χ2v) is 11.3. The number of primary amides is 1. The number of likely N-dealkylation sites (tertiary alicyclic amines) is 1. The number of nitrogens with one attached hydrogen (secondary N) is 4. The molecule has 1 aliphatic heterocycles. The molecule has 1 saturated heterocycles. The van der Waals surface area contributed by atoms with Gasteiger partial charge in [-0.1, -0.05) is 20.3 Å². The Labute approximate surface area is 264 Å². The van der Waals surface area contributed by atoms with Crippen LogP contribution in [0.2, 0.25) is 0 Å². The standard InChI is InChI=1S/C28H53N11O6/c1-4-16(2)22(27(45)35-17(3)23(31)41)38-25(43)19(10-7-13-34-28(32)33)36-24(42)18(9-5-6-12-29)37-26(44)20-11-8-14-39(20)21(40)15-30/h16-20,22H,4-15,29-30H2,1-3H3,(H2,31,41)(H,35,45)(H,36,42)(H,37,44)(H,38,43)(H4,32,33,34)/t16-,17-,18-,19-,20-,22-/m0/s1. The van der Waals surface area contributed by atoms with Crippen molar-refractivity contribution in [2.45, 2.75) is 102 Å². The van der Waals surface area contributed by atoms with Gasteiger partial charge in [-0.3, -0.25) is 33.8 Å². The van der Waals surface area contributed by atoms with E-state index in [9.17, 15) is 28.8 Å². The van der Waals surface area contributed by atoms with Gasteiger partial charge < -0.3 is 54.8 Å². The molecule has 0 unspecified atom stereocenters. The number of rotatable bonds is 20. The number of nitrogens with zero attached hydrogens (tertiary/aromatic N) is 2. The molecule has 1 heterocycles. The van der Waals surface area contributed by atoms with E-state index >= 15 is 0 Å². The van der Waals surface area contributed by atoms with Crippen molar-refractivity contribution < 1.29 is 28.8 Å². The molecular weight excluding hydrogens is 586 g/mol. The van der Waals surface area contributed by atoms with Crippen molar-refractivity contribution in [1.82, 2.24) is 26.2 Å². The van der Waals surface area contributed by atoms with Crippen LogP contribution in [0.3, 0.4) is 0 Å². The van der Waals surface area contributed by atoms with Crippen molar-refractivity contribution in [3.8, 4) is 0 Å². The molecule has 17 nitrogen and oxygen atoms in total. The Bertz CT molecular complexity index is 1050. The minimum Gasteiger partial charge on any atom is -0.370 e. The summed E-state index contributed by atoms with van der Waals surface area (Å²) >= 11 is 0. The third-order valence-electron chi connectivity index (χ3n) is 7.79. The number of carbonyl (C=O) groups excluding carboxylic acids is 6. The van der Waals surface area contributed by atoms with Gasteiger partial charge in [0.05, 0.1) is 6.54 Å². The summed E-state index contributed by atoms with van der Waals surface area (Å²) in [6.07, 6.45) is 3.32. The first kappa shape index (κ1) is 39.0. The molecule has 0 radical (unpaired) electrons. The van der Waals surface area contributed by atoms with Gasteiger partial charge in [-0.25, -0.2) is 0 Å². The largest absolute Gasteiger partial charge is 0.370 e. The van der Waals surface area contributed by atoms with Crippen LogP contribution in [-0.2, 0) is 28.8 Å². The van der Waals surface area contributed by atoms with Gasteiger partial charge in [0.1, 0.15) is 30.2 Å². The molecule has 6 amide bonds. The zero-order valence-electron chi connectivity index (χ0n) is 26.7. The van der Waals surface area contributed by atoms with Crippen LogP contribution >= 0.6 is 0 Å². The summed E-state index contributed by atoms with van der Waals surface area (Å²) in [4.78, 5) is 82.5. The van der Waals surface area contributed by atoms with Crippen LogP contribution in [0.5, 0.6) is 0 Å². The van der Waals surface area contributed by atoms with Gasteiger partial charge in [0.25, 0.3) is 0 Å². The molecule has 0 bridgehead atoms. The molecule has 1 fully saturated rings. The summed E-state index contributed by atoms with van der Waals surface area (Å²) in [5, 5.41) is 10.7. The molecule has 17 heteroatoms. The molecule has 6 atom stereocenters. The molecule has 0 saturated carbocycles. The number of hydrogen-bond acceptors (Lipinski definition) is 9. The van der Waals surface area contributed by atoms with Crippen LogP contribution in [0.15, 0.2) is 4.99 Å². The first-order valence-corrected chi connectivity index (χ1v) is 15.5. The fourth-order valence-corrected chi connectivity index (χ4v) is 4.86. The summed E-state index contributed by atoms with van der Waals surface area (Å²) in [6.45, 7) is 5.74. The maximum Gasteiger partial charge on any atom is 0.243 e. The second-order valence-electron chi connectivity index (χ2n) is 11.3. The van der Waals surface area contributed by atoms with Crippen molar-refractivity contribution in [3.63, 3.8) is 0 Å². The lowest BCUT2D eigenvalue weighted by Crippen LogP contribution is -2.59. The third-order valence-corrected chi connectivity index (χ3v) is 7.79. The van der Waals surface area contributed by atoms with E-state index < -0.39 is 59.7 Å². The van der Waals surface area contributed by atoms with Crippen LogP contribution < -0.4 is 49.9 Å². The van der Waals surface area contributed by atoms with Crippen molar-refractivity contribution in [2.24, 2.45) is 39.6 Å². The predicted molar refractivity (Wildman–Crippen MR) is 169 cm³/mol. The lowest BCUT2D eigenvalue weighted by atomic mass is 9.97. The molecule has 0 aromatic heterocycles. The third kappa shape index (κ3) is 13.3. The van der Waals surface area contributed by atoms with Crippen molar-refractivity contribution in [1.29, 1.82) is 0 Å². The fraction of sp³-hybridized carbons (Fsp3) is 0.750. The average Bonchev–Trinajstić information content (AvgIpc) is 3.50. The fourth-order valence-electron chi connectivity index (χ4n) is 4.86. The quantitative estimate of drug-likeness (QED) is 0.0361. The van der Waals surface area contributed by atoms with Crippen molar-refractivity contribution in [2.75, 3.05) is 26.2 Å². The van der Waals surface area contributed by atoms with Crippen LogP contribution in [0, 0.1) is 5.92 Å². The predicted octanol–water partition coefficient (Wildman–Crippen LogP) is -3.39. The molecule has 1 rings (SSSR count). The number of guanidine groups is 1. The SMILES string of the molecule is CC[C@H](C)[C@H](NC(=O)[C@H](CCCN=C(N)N)NC(=O)[C@H](CCCCN)NC(=O)[C@@H]1CCCN1C(=O)CN)C(=O)N[C@@H](C)C(N)=O. The van der Waals surface area contributed by atoms with Gasteiger partial charge >= 0.3 is 0 Å². The Hall–Kier alpha value is -3.99. The molecule has 14 N–H and O–H groups in total. The van der Waals surface area contributed by atoms with E-state index in [0.717, 1.165) is 0 Å². The smallest absolute Gasteiger partial charge is 0.243 e. The molecule has 0 aromatic carbocycles. The number of hydrogen-bond donors (Lipinski definition) is 9. The van der Waals surface area contributed by atoms with Gasteiger partial charge in [0, 0.05) is 13.1 Å². The molecular formula is C28H53N11O6. The van der Waals surface area contributed by atoms with E-state index in [1.165, 1.54) is 11.8 Å². The molecule has 0 aliphatic carbocycles. The zero-order valence-corrected chi connectivity index (χ0v) is 26.7. The Balaban J connectivity index is 3.21. The monoisotopic (exact) mass is 639 g/mol. The van der Waals surface area contributed by atoms with E-state index in [4.69, 9.17) is 28.7 Å². The Kier molecular flexibility index (Phi) is 17.5. The van der Waals surface area contributed by atoms with Gasteiger partial charge in [-0.2, -0.15) is 0 Å². The highest BCUT2D eigenvalue weighted by molar-refractivity contribution is 5.96. The van der Waals surface area contributed by atoms with Crippen LogP contribution in [0.25, 0.3) is 0 Å². The number of aliphatic imine (C=N–C) groups is 1. The number of unbranched alkanes of at least 4 members (excludes halogenated alkanes) is 1. The summed E-state index contributed by atoms with van der Waals surface area (Å²) in [7, 11) is 0. The van der Waals surface area contributed by atoms with Crippen LogP contribution in [0.1, 0.15) is 72.1 Å². The molecule has 0 aromatic rings. The maximum atomic E-state index is 13.6. The highest BCUT2D eigenvalue weighted by atomic mass is 16.2. The maximum absolute atomic E-state index is 13.6. The van der Waals surface area contributed by atoms with E-state index in [-0.39, 0.29) is 43.7 Å². The second kappa shape index (κ2) is 20.1. The van der Waals surface area contributed by atoms with E-state index in [0.29, 0.717) is 51.6 Å². The van der Waals surface area contributed by atoms with E-state index in [1.54, 1.807) is 6.92 Å². The number of carbonyl (C=O) groups is 6. The Morgan fingerprint density at radius 3 is 2.04 bits per heavy atom. The minimum absolute atomic E-state index is 0.103. The minimum atomic E-state index is -1.13. The Morgan fingerprint density at radius 2 is 1.47 bits per heavy atom. The zero-order chi connectivity index (χ0) is 34.1. The normalized spacial score (nSPS) is 17.6. The van der Waals surface area contributed by atoms with Gasteiger partial charge in [0.15, 0.2) is 5.96 Å². The average molecular weight is 640 g/mol. The van der Waals surface area contributed by atoms with Crippen molar-refractivity contribution in [3.05, 3.63) is 0 Å². The molecule has 1 aliphatic rings. The van der Waals surface area contributed by atoms with E-state index in [1.807, 2.05) is 6.92 Å². The van der Waals surface area contributed by atoms with Crippen LogP contribution in [-0.4, -0.2) is 103 Å². The van der Waals surface area contributed by atoms with Gasteiger partial charge in [0.2, 0.25) is 35.4 Å². The van der Waals surface area contributed by atoms with Gasteiger partial charge in [-0.05, 0) is 64.3 Å². The highest BCUT2D eigenvalue weighted by Gasteiger charge is 2.36. The lowest BCUT2D eigenvalue weighted by molar-refractivity contribution is -0.139. The van der Waals surface area contributed by atoms with Gasteiger partial charge in [-0.15, -0.1) is 0 Å². The molecule has 0 spiro atoms. The number of nitrogens with two attached hydrogens (primary N) is 5. The first-order valence-electron chi connectivity index (χ1n) is 15.5. The summed E-state index contributed by atoms with van der Waals surface area (Å²) in [5.74, 6) is -3.93. The summed E-state index contributed by atoms with van der Waals surface area (Å²) < 4.78 is 0.